The fourth-order valence-electron chi connectivity index (χ4n) is 2.51. The number of hydrogen-bond donors (Lipinski definition) is 1. The van der Waals surface area contributed by atoms with Crippen LogP contribution in [0.25, 0.3) is 16.6 Å². The van der Waals surface area contributed by atoms with Crippen molar-refractivity contribution in [1.29, 1.82) is 0 Å². The molecule has 0 saturated heterocycles. The molecule has 0 radical (unpaired) electrons. The van der Waals surface area contributed by atoms with Crippen LogP contribution < -0.4 is 5.32 Å². The van der Waals surface area contributed by atoms with Crippen LogP contribution in [0.1, 0.15) is 16.1 Å². The number of fused-ring (bicyclic) bond motifs is 1. The van der Waals surface area contributed by atoms with Gasteiger partial charge in [0.1, 0.15) is 16.5 Å². The lowest BCUT2D eigenvalue weighted by Gasteiger charge is -2.17. The van der Waals surface area contributed by atoms with Gasteiger partial charge in [0.2, 0.25) is 0 Å². The third kappa shape index (κ3) is 3.14. The molecule has 1 aliphatic heterocycles. The molecular formula is C18H18N4OS. The zero-order valence-electron chi connectivity index (χ0n) is 13.2. The predicted molar refractivity (Wildman–Crippen MR) is 99.2 cm³/mol. The fraction of sp³-hybridized carbons (Fsp3) is 0.167. The van der Waals surface area contributed by atoms with Crippen molar-refractivity contribution in [2.45, 2.75) is 0 Å². The third-order valence-corrected chi connectivity index (χ3v) is 4.48. The summed E-state index contributed by atoms with van der Waals surface area (Å²) < 4.78 is 0. The number of anilines is 1. The van der Waals surface area contributed by atoms with E-state index in [0.717, 1.165) is 28.5 Å². The van der Waals surface area contributed by atoms with Gasteiger partial charge in [-0.05, 0) is 6.07 Å². The van der Waals surface area contributed by atoms with Gasteiger partial charge in [-0.1, -0.05) is 24.3 Å². The number of amides is 1. The van der Waals surface area contributed by atoms with Gasteiger partial charge in [-0.15, -0.1) is 24.5 Å². The number of thiazole rings is 1. The first kappa shape index (κ1) is 16.1. The Hall–Kier alpha value is -2.73. The van der Waals surface area contributed by atoms with Crippen LogP contribution in [-0.4, -0.2) is 40.4 Å². The topological polar surface area (TPSA) is 58.1 Å². The second kappa shape index (κ2) is 7.23. The molecule has 0 aliphatic carbocycles. The van der Waals surface area contributed by atoms with Crippen molar-refractivity contribution in [3.05, 3.63) is 60.3 Å². The molecule has 2 aromatic heterocycles. The van der Waals surface area contributed by atoms with Gasteiger partial charge in [0.05, 0.1) is 0 Å². The van der Waals surface area contributed by atoms with E-state index in [1.54, 1.807) is 28.6 Å². The number of nitrogens with zero attached hydrogens (tertiary/aromatic N) is 3. The third-order valence-electron chi connectivity index (χ3n) is 3.60. The maximum Gasteiger partial charge on any atom is 0.273 e. The minimum absolute atomic E-state index is 0.117. The predicted octanol–water partition coefficient (Wildman–Crippen LogP) is 3.46. The van der Waals surface area contributed by atoms with Gasteiger partial charge in [0.15, 0.2) is 0 Å². The number of aromatic nitrogens is 2. The lowest BCUT2D eigenvalue weighted by molar-refractivity contribution is 0.0786. The molecule has 122 valence electrons. The van der Waals surface area contributed by atoms with Gasteiger partial charge < -0.3 is 10.2 Å². The number of carbonyl (C=O) groups excluding carboxylic acids is 1. The van der Waals surface area contributed by atoms with Crippen molar-refractivity contribution in [3.8, 4) is 10.6 Å². The van der Waals surface area contributed by atoms with Crippen LogP contribution in [0.2, 0.25) is 0 Å². The summed E-state index contributed by atoms with van der Waals surface area (Å²) >= 11 is 1.46. The van der Waals surface area contributed by atoms with Gasteiger partial charge in [0.25, 0.3) is 5.91 Å². The minimum Gasteiger partial charge on any atom is -0.366 e. The summed E-state index contributed by atoms with van der Waals surface area (Å²) in [4.78, 5) is 23.1. The van der Waals surface area contributed by atoms with E-state index in [4.69, 9.17) is 0 Å². The van der Waals surface area contributed by atoms with E-state index >= 15 is 0 Å². The molecule has 1 amide bonds. The van der Waals surface area contributed by atoms with Crippen LogP contribution in [-0.2, 0) is 0 Å². The zero-order chi connectivity index (χ0) is 16.9. The van der Waals surface area contributed by atoms with E-state index in [0.29, 0.717) is 18.8 Å². The molecular weight excluding hydrogens is 320 g/mol. The Balaban J connectivity index is 1.92. The van der Waals surface area contributed by atoms with Gasteiger partial charge in [-0.2, -0.15) is 0 Å². The summed E-state index contributed by atoms with van der Waals surface area (Å²) in [5, 5.41) is 5.84. The van der Waals surface area contributed by atoms with Gasteiger partial charge in [-0.3, -0.25) is 4.79 Å². The Kier molecular flexibility index (Phi) is 4.86. The molecule has 0 bridgehead atoms. The highest BCUT2D eigenvalue weighted by atomic mass is 32.1. The highest BCUT2D eigenvalue weighted by molar-refractivity contribution is 7.13. The molecule has 6 heteroatoms. The molecule has 24 heavy (non-hydrogen) atoms. The smallest absolute Gasteiger partial charge is 0.273 e. The molecule has 0 atom stereocenters. The van der Waals surface area contributed by atoms with E-state index in [-0.39, 0.29) is 5.91 Å². The van der Waals surface area contributed by atoms with Crippen molar-refractivity contribution in [2.75, 3.05) is 25.0 Å². The molecule has 1 N–H and O–H groups in total. The van der Waals surface area contributed by atoms with Crippen LogP contribution in [0, 0.1) is 0 Å². The fourth-order valence-corrected chi connectivity index (χ4v) is 3.34. The highest BCUT2D eigenvalue weighted by Gasteiger charge is 2.19. The average Bonchev–Trinajstić information content (AvgIpc) is 3.10. The Morgan fingerprint density at radius 1 is 1.38 bits per heavy atom. The first-order valence-corrected chi connectivity index (χ1v) is 8.49. The number of hydrogen-bond acceptors (Lipinski definition) is 5. The number of nitrogens with one attached hydrogen (secondary N) is 1. The second-order valence-corrected chi connectivity index (χ2v) is 6.09. The summed E-state index contributed by atoms with van der Waals surface area (Å²) in [6.45, 7) is 9.09. The Labute approximate surface area is 145 Å². The largest absolute Gasteiger partial charge is 0.366 e. The van der Waals surface area contributed by atoms with Crippen LogP contribution in [0.5, 0.6) is 0 Å². The SMILES string of the molecule is C=CCN(CC=C)C(=O)c1csc(-c2ccnc3c2C=CCN3)n1. The van der Waals surface area contributed by atoms with Crippen LogP contribution in [0.4, 0.5) is 5.82 Å². The van der Waals surface area contributed by atoms with Gasteiger partial charge in [-0.25, -0.2) is 9.97 Å². The molecule has 0 spiro atoms. The Morgan fingerprint density at radius 2 is 2.17 bits per heavy atom. The zero-order valence-corrected chi connectivity index (χ0v) is 14.1. The number of pyridine rings is 1. The van der Waals surface area contributed by atoms with Crippen molar-refractivity contribution in [3.63, 3.8) is 0 Å². The van der Waals surface area contributed by atoms with E-state index in [9.17, 15) is 4.79 Å². The molecule has 3 heterocycles. The lowest BCUT2D eigenvalue weighted by atomic mass is 10.1. The molecule has 0 saturated carbocycles. The van der Waals surface area contributed by atoms with Crippen LogP contribution in [0.3, 0.4) is 0 Å². The summed E-state index contributed by atoms with van der Waals surface area (Å²) in [5.74, 6) is 0.729. The summed E-state index contributed by atoms with van der Waals surface area (Å²) in [5.41, 5.74) is 2.43. The van der Waals surface area contributed by atoms with Crippen molar-refractivity contribution in [1.82, 2.24) is 14.9 Å². The van der Waals surface area contributed by atoms with E-state index in [2.05, 4.69) is 28.4 Å². The first-order chi connectivity index (χ1) is 11.7. The maximum atomic E-state index is 12.6. The lowest BCUT2D eigenvalue weighted by Crippen LogP contribution is -2.31. The van der Waals surface area contributed by atoms with Crippen molar-refractivity contribution in [2.24, 2.45) is 0 Å². The van der Waals surface area contributed by atoms with Crippen molar-refractivity contribution >= 4 is 29.1 Å². The number of carbonyl (C=O) groups is 1. The standard InChI is InChI=1S/C18H18N4OS/c1-3-10-22(11-4-2)18(23)15-12-24-17(21-15)14-7-9-20-16-13(14)6-5-8-19-16/h3-7,9,12H,1-2,8,10-11H2,(H,19,20). The Morgan fingerprint density at radius 3 is 2.92 bits per heavy atom. The number of rotatable bonds is 6. The Bertz CT molecular complexity index is 799. The monoisotopic (exact) mass is 338 g/mol. The molecule has 5 nitrogen and oxygen atoms in total. The van der Waals surface area contributed by atoms with E-state index in [1.165, 1.54) is 11.3 Å². The van der Waals surface area contributed by atoms with Crippen LogP contribution >= 0.6 is 11.3 Å². The summed E-state index contributed by atoms with van der Waals surface area (Å²) in [6.07, 6.45) is 9.24. The van der Waals surface area contributed by atoms with E-state index in [1.807, 2.05) is 18.2 Å². The molecule has 2 aromatic rings. The van der Waals surface area contributed by atoms with Crippen LogP contribution in [0.15, 0.2) is 49.0 Å². The quantitative estimate of drug-likeness (QED) is 0.820. The van der Waals surface area contributed by atoms with Gasteiger partial charge in [0, 0.05) is 42.3 Å². The first-order valence-electron chi connectivity index (χ1n) is 7.61. The molecule has 3 rings (SSSR count). The van der Waals surface area contributed by atoms with E-state index < -0.39 is 0 Å². The maximum absolute atomic E-state index is 12.6. The molecule has 1 aliphatic rings. The van der Waals surface area contributed by atoms with Crippen molar-refractivity contribution < 1.29 is 4.79 Å². The highest BCUT2D eigenvalue weighted by Crippen LogP contribution is 2.32. The normalized spacial score (nSPS) is 12.2. The average molecular weight is 338 g/mol. The minimum atomic E-state index is -0.117. The van der Waals surface area contributed by atoms with Gasteiger partial charge >= 0.3 is 0 Å². The summed E-state index contributed by atoms with van der Waals surface area (Å²) in [6, 6.07) is 1.93. The molecule has 0 fully saturated rings. The molecule has 0 unspecified atom stereocenters. The second-order valence-electron chi connectivity index (χ2n) is 5.23. The summed E-state index contributed by atoms with van der Waals surface area (Å²) in [7, 11) is 0. The molecule has 0 aromatic carbocycles.